The van der Waals surface area contributed by atoms with Crippen molar-refractivity contribution >= 4 is 11.6 Å². The summed E-state index contributed by atoms with van der Waals surface area (Å²) >= 11 is 0. The average Bonchev–Trinajstić information content (AvgIpc) is 2.77. The summed E-state index contributed by atoms with van der Waals surface area (Å²) in [5.74, 6) is -0.328. The summed E-state index contributed by atoms with van der Waals surface area (Å²) in [5, 5.41) is 3.04. The number of nitrogens with one attached hydrogen (secondary N) is 1. The number of amides is 1. The first-order chi connectivity index (χ1) is 14.9. The van der Waals surface area contributed by atoms with E-state index in [0.717, 1.165) is 54.0 Å². The molecule has 4 heteroatoms. The van der Waals surface area contributed by atoms with Gasteiger partial charge in [0.2, 0.25) is 0 Å². The summed E-state index contributed by atoms with van der Waals surface area (Å²) in [6.07, 6.45) is 2.40. The smallest absolute Gasteiger partial charge is 0.261 e. The number of benzene rings is 2. The molecular weight excluding hydrogens is 384 g/mol. The van der Waals surface area contributed by atoms with Crippen LogP contribution in [-0.4, -0.2) is 10.5 Å². The topological polar surface area (TPSA) is 51.1 Å². The van der Waals surface area contributed by atoms with E-state index < -0.39 is 0 Å². The molecule has 0 aliphatic carbocycles. The molecule has 0 radical (unpaired) electrons. The van der Waals surface area contributed by atoms with E-state index in [1.165, 1.54) is 5.56 Å². The Morgan fingerprint density at radius 3 is 2.29 bits per heavy atom. The lowest BCUT2D eigenvalue weighted by Gasteiger charge is -2.22. The molecule has 1 N–H and O–H groups in total. The number of rotatable bonds is 7. The minimum absolute atomic E-state index is 0.172. The molecule has 0 spiro atoms. The van der Waals surface area contributed by atoms with E-state index in [9.17, 15) is 9.59 Å². The lowest BCUT2D eigenvalue weighted by molar-refractivity contribution is 0.102. The van der Waals surface area contributed by atoms with Gasteiger partial charge < -0.3 is 9.88 Å². The third-order valence-electron chi connectivity index (χ3n) is 6.10. The predicted molar refractivity (Wildman–Crippen MR) is 128 cm³/mol. The van der Waals surface area contributed by atoms with Crippen LogP contribution in [-0.2, 0) is 25.8 Å². The van der Waals surface area contributed by atoms with Crippen LogP contribution in [0.5, 0.6) is 0 Å². The molecule has 3 aromatic rings. The van der Waals surface area contributed by atoms with Crippen molar-refractivity contribution < 1.29 is 4.79 Å². The lowest BCUT2D eigenvalue weighted by Crippen LogP contribution is -2.31. The first-order valence-corrected chi connectivity index (χ1v) is 11.1. The van der Waals surface area contributed by atoms with E-state index in [-0.39, 0.29) is 16.9 Å². The van der Waals surface area contributed by atoms with Gasteiger partial charge in [0.05, 0.1) is 0 Å². The number of hydrogen-bond donors (Lipinski definition) is 1. The van der Waals surface area contributed by atoms with Gasteiger partial charge in [-0.2, -0.15) is 0 Å². The van der Waals surface area contributed by atoms with Gasteiger partial charge in [0.15, 0.2) is 5.43 Å². The molecule has 0 fully saturated rings. The summed E-state index contributed by atoms with van der Waals surface area (Å²) in [6.45, 7) is 10.5. The van der Waals surface area contributed by atoms with Gasteiger partial charge in [0.1, 0.15) is 5.56 Å². The Balaban J connectivity index is 2.03. The molecule has 0 bridgehead atoms. The van der Waals surface area contributed by atoms with Crippen LogP contribution in [0.25, 0.3) is 0 Å². The van der Waals surface area contributed by atoms with Gasteiger partial charge in [-0.1, -0.05) is 62.4 Å². The Morgan fingerprint density at radius 2 is 1.65 bits per heavy atom. The summed E-state index contributed by atoms with van der Waals surface area (Å²) in [6, 6.07) is 16.3. The van der Waals surface area contributed by atoms with Crippen LogP contribution in [0, 0.1) is 20.8 Å². The molecule has 0 unspecified atom stereocenters. The van der Waals surface area contributed by atoms with Crippen molar-refractivity contribution in [2.45, 2.75) is 60.4 Å². The molecular formula is C27H32N2O2. The van der Waals surface area contributed by atoms with Crippen LogP contribution in [0.1, 0.15) is 57.8 Å². The third kappa shape index (κ3) is 4.63. The number of anilines is 1. The highest BCUT2D eigenvalue weighted by Gasteiger charge is 2.22. The lowest BCUT2D eigenvalue weighted by atomic mass is 10.0. The molecule has 1 amide bonds. The largest absolute Gasteiger partial charge is 0.347 e. The van der Waals surface area contributed by atoms with Crippen LogP contribution in [0.2, 0.25) is 0 Å². The molecule has 3 rings (SSSR count). The van der Waals surface area contributed by atoms with Crippen molar-refractivity contribution in [1.82, 2.24) is 4.57 Å². The van der Waals surface area contributed by atoms with E-state index in [2.05, 4.69) is 35.9 Å². The summed E-state index contributed by atoms with van der Waals surface area (Å²) in [7, 11) is 0. The van der Waals surface area contributed by atoms with Crippen LogP contribution >= 0.6 is 0 Å². The number of hydrogen-bond acceptors (Lipinski definition) is 2. The van der Waals surface area contributed by atoms with Crippen molar-refractivity contribution in [2.75, 3.05) is 5.32 Å². The monoisotopic (exact) mass is 416 g/mol. The maximum Gasteiger partial charge on any atom is 0.261 e. The summed E-state index contributed by atoms with van der Waals surface area (Å²) in [5.41, 5.74) is 6.57. The molecule has 2 aromatic carbocycles. The van der Waals surface area contributed by atoms with Crippen molar-refractivity contribution in [3.05, 3.63) is 98.0 Å². The first kappa shape index (κ1) is 22.5. The van der Waals surface area contributed by atoms with Gasteiger partial charge in [0.25, 0.3) is 5.91 Å². The number of aryl methyl sites for hydroxylation is 3. The Labute approximate surface area is 184 Å². The Morgan fingerprint density at radius 1 is 0.935 bits per heavy atom. The fourth-order valence-corrected chi connectivity index (χ4v) is 4.31. The van der Waals surface area contributed by atoms with Crippen molar-refractivity contribution in [2.24, 2.45) is 0 Å². The summed E-state index contributed by atoms with van der Waals surface area (Å²) < 4.78 is 2.15. The minimum atomic E-state index is -0.328. The minimum Gasteiger partial charge on any atom is -0.347 e. The normalized spacial score (nSPS) is 10.9. The second-order valence-electron chi connectivity index (χ2n) is 8.02. The molecule has 1 heterocycles. The molecule has 31 heavy (non-hydrogen) atoms. The second kappa shape index (κ2) is 9.78. The number of aromatic nitrogens is 1. The number of nitrogens with zero attached hydrogens (tertiary/aromatic N) is 1. The maximum atomic E-state index is 13.3. The van der Waals surface area contributed by atoms with Gasteiger partial charge in [-0.25, -0.2) is 0 Å². The Kier molecular flexibility index (Phi) is 7.11. The van der Waals surface area contributed by atoms with E-state index >= 15 is 0 Å². The maximum absolute atomic E-state index is 13.3. The third-order valence-corrected chi connectivity index (χ3v) is 6.10. The van der Waals surface area contributed by atoms with Gasteiger partial charge in [0, 0.05) is 29.2 Å². The number of carbonyl (C=O) groups excluding carboxylic acids is 1. The molecule has 1 aromatic heterocycles. The van der Waals surface area contributed by atoms with Crippen molar-refractivity contribution in [3.8, 4) is 0 Å². The number of carbonyl (C=O) groups is 1. The quantitative estimate of drug-likeness (QED) is 0.561. The molecule has 4 nitrogen and oxygen atoms in total. The average molecular weight is 417 g/mol. The van der Waals surface area contributed by atoms with Gasteiger partial charge in [-0.15, -0.1) is 0 Å². The Hall–Kier alpha value is -3.14. The highest BCUT2D eigenvalue weighted by Crippen LogP contribution is 2.23. The van der Waals surface area contributed by atoms with Gasteiger partial charge >= 0.3 is 0 Å². The van der Waals surface area contributed by atoms with Gasteiger partial charge in [-0.05, 0) is 56.7 Å². The number of para-hydroxylation sites is 1. The van der Waals surface area contributed by atoms with E-state index in [1.807, 2.05) is 57.2 Å². The van der Waals surface area contributed by atoms with Crippen LogP contribution < -0.4 is 10.7 Å². The highest BCUT2D eigenvalue weighted by atomic mass is 16.2. The fourth-order valence-electron chi connectivity index (χ4n) is 4.31. The molecule has 0 aliphatic rings. The zero-order valence-electron chi connectivity index (χ0n) is 19.2. The second-order valence-corrected chi connectivity index (χ2v) is 8.02. The first-order valence-electron chi connectivity index (χ1n) is 11.1. The predicted octanol–water partition coefficient (Wildman–Crippen LogP) is 5.39. The van der Waals surface area contributed by atoms with Crippen molar-refractivity contribution in [3.63, 3.8) is 0 Å². The molecule has 0 aliphatic heterocycles. The zero-order valence-corrected chi connectivity index (χ0v) is 19.2. The van der Waals surface area contributed by atoms with Crippen molar-refractivity contribution in [1.29, 1.82) is 0 Å². The van der Waals surface area contributed by atoms with Crippen LogP contribution in [0.15, 0.2) is 53.3 Å². The Bertz CT molecular complexity index is 1140. The molecule has 0 saturated carbocycles. The molecule has 162 valence electrons. The van der Waals surface area contributed by atoms with Crippen LogP contribution in [0.4, 0.5) is 5.69 Å². The van der Waals surface area contributed by atoms with E-state index in [4.69, 9.17) is 0 Å². The standard InChI is InChI=1S/C27H32N2O2/c1-6-22-15-11-12-18(3)25(22)28-27(31)24-20(5)29(23(7-2)19(4)26(24)30)17-16-21-13-9-8-10-14-21/h8-15H,6-7,16-17H2,1-5H3,(H,28,31). The van der Waals surface area contributed by atoms with Gasteiger partial charge in [-0.3, -0.25) is 9.59 Å². The highest BCUT2D eigenvalue weighted by molar-refractivity contribution is 6.05. The fraction of sp³-hybridized carbons (Fsp3) is 0.333. The van der Waals surface area contributed by atoms with E-state index in [1.54, 1.807) is 0 Å². The summed E-state index contributed by atoms with van der Waals surface area (Å²) in [4.78, 5) is 26.5. The van der Waals surface area contributed by atoms with E-state index in [0.29, 0.717) is 5.56 Å². The molecule has 0 saturated heterocycles. The van der Waals surface area contributed by atoms with Crippen LogP contribution in [0.3, 0.4) is 0 Å². The number of pyridine rings is 1. The SMILES string of the molecule is CCc1cccc(C)c1NC(=O)c1c(C)n(CCc2ccccc2)c(CC)c(C)c1=O. The molecule has 0 atom stereocenters. The zero-order chi connectivity index (χ0) is 22.5.